The van der Waals surface area contributed by atoms with E-state index in [2.05, 4.69) is 15.1 Å². The van der Waals surface area contributed by atoms with Crippen molar-refractivity contribution >= 4 is 21.4 Å². The van der Waals surface area contributed by atoms with Crippen molar-refractivity contribution in [2.75, 3.05) is 58.7 Å². The molecule has 170 valence electrons. The SMILES string of the molecule is CS(=O)(=O)c1ccc(C2CC(=O)C(=CNCCN3CCN(CCO)CC3)C(=O)C2)cc1. The number of aliphatic hydroxyl groups excluding tert-OH is 1. The minimum atomic E-state index is -3.27. The zero-order valence-corrected chi connectivity index (χ0v) is 18.7. The number of benzene rings is 1. The summed E-state index contributed by atoms with van der Waals surface area (Å²) in [4.78, 5) is 29.9. The highest BCUT2D eigenvalue weighted by molar-refractivity contribution is 7.90. The number of piperazine rings is 1. The number of nitrogens with zero attached hydrogens (tertiary/aromatic N) is 2. The van der Waals surface area contributed by atoms with Gasteiger partial charge < -0.3 is 10.4 Å². The molecule has 31 heavy (non-hydrogen) atoms. The lowest BCUT2D eigenvalue weighted by molar-refractivity contribution is -0.124. The third-order valence-electron chi connectivity index (χ3n) is 5.94. The minimum Gasteiger partial charge on any atom is -0.395 e. The molecule has 1 aliphatic heterocycles. The Morgan fingerprint density at radius 2 is 1.55 bits per heavy atom. The number of carbonyl (C=O) groups is 2. The van der Waals surface area contributed by atoms with E-state index in [9.17, 15) is 18.0 Å². The maximum atomic E-state index is 12.5. The molecule has 1 aromatic rings. The molecular weight excluding hydrogens is 418 g/mol. The molecule has 0 atom stereocenters. The van der Waals surface area contributed by atoms with Crippen LogP contribution in [0, 0.1) is 0 Å². The summed E-state index contributed by atoms with van der Waals surface area (Å²) in [5.74, 6) is -0.585. The van der Waals surface area contributed by atoms with Crippen LogP contribution in [-0.2, 0) is 19.4 Å². The summed E-state index contributed by atoms with van der Waals surface area (Å²) in [7, 11) is -3.27. The molecule has 0 bridgehead atoms. The fourth-order valence-electron chi connectivity index (χ4n) is 4.05. The first-order valence-electron chi connectivity index (χ1n) is 10.6. The Balaban J connectivity index is 1.48. The Kier molecular flexibility index (Phi) is 7.99. The average Bonchev–Trinajstić information content (AvgIpc) is 2.73. The molecule has 2 aliphatic rings. The molecule has 2 N–H and O–H groups in total. The van der Waals surface area contributed by atoms with Crippen molar-refractivity contribution in [1.82, 2.24) is 15.1 Å². The number of hydrogen-bond donors (Lipinski definition) is 2. The van der Waals surface area contributed by atoms with Gasteiger partial charge in [0.05, 0.1) is 17.1 Å². The molecule has 0 spiro atoms. The summed E-state index contributed by atoms with van der Waals surface area (Å²) in [5, 5.41) is 12.1. The summed E-state index contributed by atoms with van der Waals surface area (Å²) < 4.78 is 23.2. The Bertz CT molecular complexity index is 899. The van der Waals surface area contributed by atoms with E-state index < -0.39 is 9.84 Å². The Hall–Kier alpha value is -2.07. The molecule has 3 rings (SSSR count). The number of aliphatic hydroxyl groups is 1. The number of carbonyl (C=O) groups excluding carboxylic acids is 2. The number of hydrogen-bond acceptors (Lipinski definition) is 8. The predicted octanol–water partition coefficient (Wildman–Crippen LogP) is 0.189. The van der Waals surface area contributed by atoms with Gasteiger partial charge in [0.1, 0.15) is 0 Å². The maximum absolute atomic E-state index is 12.5. The van der Waals surface area contributed by atoms with Gasteiger partial charge in [-0.2, -0.15) is 0 Å². The molecule has 1 aromatic carbocycles. The van der Waals surface area contributed by atoms with Crippen molar-refractivity contribution in [3.05, 3.63) is 41.6 Å². The van der Waals surface area contributed by atoms with E-state index in [0.717, 1.165) is 44.5 Å². The van der Waals surface area contributed by atoms with Crippen molar-refractivity contribution in [1.29, 1.82) is 0 Å². The van der Waals surface area contributed by atoms with Crippen LogP contribution in [0.25, 0.3) is 0 Å². The summed E-state index contributed by atoms with van der Waals surface area (Å²) in [5.41, 5.74) is 1.03. The first-order valence-corrected chi connectivity index (χ1v) is 12.5. The first-order chi connectivity index (χ1) is 14.8. The van der Waals surface area contributed by atoms with Crippen LogP contribution in [-0.4, -0.2) is 93.6 Å². The molecule has 0 radical (unpaired) electrons. The Morgan fingerprint density at radius 1 is 1.00 bits per heavy atom. The average molecular weight is 450 g/mol. The van der Waals surface area contributed by atoms with E-state index in [0.29, 0.717) is 13.1 Å². The summed E-state index contributed by atoms with van der Waals surface area (Å²) in [6.07, 6.45) is 3.18. The van der Waals surface area contributed by atoms with Crippen molar-refractivity contribution in [2.24, 2.45) is 0 Å². The third-order valence-corrected chi connectivity index (χ3v) is 7.07. The second-order valence-electron chi connectivity index (χ2n) is 8.21. The molecule has 1 aliphatic carbocycles. The summed E-state index contributed by atoms with van der Waals surface area (Å²) in [6, 6.07) is 6.43. The molecule has 8 nitrogen and oxygen atoms in total. The van der Waals surface area contributed by atoms with Crippen LogP contribution in [0.1, 0.15) is 24.3 Å². The van der Waals surface area contributed by atoms with Crippen molar-refractivity contribution in [3.63, 3.8) is 0 Å². The fourth-order valence-corrected chi connectivity index (χ4v) is 4.68. The van der Waals surface area contributed by atoms with E-state index in [1.165, 1.54) is 12.1 Å². The van der Waals surface area contributed by atoms with Gasteiger partial charge >= 0.3 is 0 Å². The molecule has 9 heteroatoms. The van der Waals surface area contributed by atoms with Crippen LogP contribution in [0.4, 0.5) is 0 Å². The molecule has 1 heterocycles. The van der Waals surface area contributed by atoms with E-state index in [-0.39, 0.29) is 47.4 Å². The predicted molar refractivity (Wildman–Crippen MR) is 118 cm³/mol. The summed E-state index contributed by atoms with van der Waals surface area (Å²) in [6.45, 7) is 6.13. The number of β-amino-alcohol motifs (C(OH)–C–C–N with tert-alkyl or cyclic N) is 1. The Morgan fingerprint density at radius 3 is 2.06 bits per heavy atom. The number of rotatable bonds is 8. The summed E-state index contributed by atoms with van der Waals surface area (Å²) >= 11 is 0. The van der Waals surface area contributed by atoms with Gasteiger partial charge in [0, 0.05) is 71.1 Å². The number of nitrogens with one attached hydrogen (secondary N) is 1. The number of Topliss-reactive ketones (excluding diaryl/α,β-unsaturated/α-hetero) is 2. The van der Waals surface area contributed by atoms with Crippen molar-refractivity contribution in [2.45, 2.75) is 23.7 Å². The van der Waals surface area contributed by atoms with Crippen LogP contribution < -0.4 is 5.32 Å². The zero-order chi connectivity index (χ0) is 22.4. The highest BCUT2D eigenvalue weighted by Gasteiger charge is 2.31. The standard InChI is InChI=1S/C22H31N3O5S/c1-31(29,30)19-4-2-17(3-5-19)18-14-21(27)20(22(28)15-18)16-23-6-7-24-8-10-25(11-9-24)12-13-26/h2-5,16,18,23,26H,6-15H2,1H3. The topological polar surface area (TPSA) is 107 Å². The second kappa shape index (κ2) is 10.5. The van der Waals surface area contributed by atoms with Crippen LogP contribution in [0.3, 0.4) is 0 Å². The van der Waals surface area contributed by atoms with Gasteiger partial charge in [-0.25, -0.2) is 8.42 Å². The lowest BCUT2D eigenvalue weighted by Crippen LogP contribution is -2.48. The fraction of sp³-hybridized carbons (Fsp3) is 0.545. The quantitative estimate of drug-likeness (QED) is 0.329. The maximum Gasteiger partial charge on any atom is 0.175 e. The van der Waals surface area contributed by atoms with E-state index >= 15 is 0 Å². The van der Waals surface area contributed by atoms with E-state index in [1.54, 1.807) is 18.3 Å². The smallest absolute Gasteiger partial charge is 0.175 e. The van der Waals surface area contributed by atoms with Gasteiger partial charge in [0.25, 0.3) is 0 Å². The van der Waals surface area contributed by atoms with E-state index in [4.69, 9.17) is 5.11 Å². The first kappa shape index (κ1) is 23.6. The Labute approximate surface area is 183 Å². The molecule has 0 amide bonds. The van der Waals surface area contributed by atoms with Gasteiger partial charge in [-0.05, 0) is 23.6 Å². The van der Waals surface area contributed by atoms with Gasteiger partial charge in [0.15, 0.2) is 21.4 Å². The lowest BCUT2D eigenvalue weighted by atomic mass is 9.80. The molecular formula is C22H31N3O5S. The number of sulfone groups is 1. The van der Waals surface area contributed by atoms with Gasteiger partial charge in [0.2, 0.25) is 0 Å². The van der Waals surface area contributed by atoms with E-state index in [1.807, 2.05) is 0 Å². The normalized spacial score (nSPS) is 21.4. The van der Waals surface area contributed by atoms with Crippen LogP contribution in [0.2, 0.25) is 0 Å². The van der Waals surface area contributed by atoms with Crippen LogP contribution in [0.15, 0.2) is 40.9 Å². The number of allylic oxidation sites excluding steroid dienone is 1. The highest BCUT2D eigenvalue weighted by Crippen LogP contribution is 2.31. The molecule has 0 unspecified atom stereocenters. The van der Waals surface area contributed by atoms with Crippen LogP contribution >= 0.6 is 0 Å². The van der Waals surface area contributed by atoms with Crippen molar-refractivity contribution in [3.8, 4) is 0 Å². The van der Waals surface area contributed by atoms with Crippen molar-refractivity contribution < 1.29 is 23.1 Å². The number of ketones is 2. The minimum absolute atomic E-state index is 0.182. The van der Waals surface area contributed by atoms with Crippen LogP contribution in [0.5, 0.6) is 0 Å². The zero-order valence-electron chi connectivity index (χ0n) is 17.9. The molecule has 1 saturated heterocycles. The van der Waals surface area contributed by atoms with Gasteiger partial charge in [-0.15, -0.1) is 0 Å². The van der Waals surface area contributed by atoms with Gasteiger partial charge in [-0.3, -0.25) is 19.4 Å². The molecule has 2 fully saturated rings. The second-order valence-corrected chi connectivity index (χ2v) is 10.2. The monoisotopic (exact) mass is 449 g/mol. The van der Waals surface area contributed by atoms with Gasteiger partial charge in [-0.1, -0.05) is 12.1 Å². The molecule has 0 aromatic heterocycles. The third kappa shape index (κ3) is 6.46. The highest BCUT2D eigenvalue weighted by atomic mass is 32.2. The lowest BCUT2D eigenvalue weighted by Gasteiger charge is -2.34. The largest absolute Gasteiger partial charge is 0.395 e. The molecule has 1 saturated carbocycles.